The number of rotatable bonds is 5. The van der Waals surface area contributed by atoms with Gasteiger partial charge >= 0.3 is 0 Å². The number of anilines is 1. The van der Waals surface area contributed by atoms with Gasteiger partial charge in [0, 0.05) is 32.2 Å². The van der Waals surface area contributed by atoms with Crippen molar-refractivity contribution in [1.82, 2.24) is 25.4 Å². The van der Waals surface area contributed by atoms with E-state index in [0.717, 1.165) is 30.9 Å². The van der Waals surface area contributed by atoms with Crippen LogP contribution in [0.1, 0.15) is 30.9 Å². The van der Waals surface area contributed by atoms with Crippen molar-refractivity contribution in [2.24, 2.45) is 12.0 Å². The maximum atomic E-state index is 14.1. The van der Waals surface area contributed by atoms with Crippen molar-refractivity contribution < 1.29 is 8.78 Å². The second kappa shape index (κ2) is 9.23. The fourth-order valence-corrected chi connectivity index (χ4v) is 3.36. The Hall–Kier alpha value is -1.98. The molecule has 7 nitrogen and oxygen atoms in total. The predicted molar refractivity (Wildman–Crippen MR) is 119 cm³/mol. The minimum Gasteiger partial charge on any atom is -0.365 e. The van der Waals surface area contributed by atoms with Gasteiger partial charge in [0.1, 0.15) is 29.7 Å². The Morgan fingerprint density at radius 3 is 2.45 bits per heavy atom. The molecule has 2 aliphatic rings. The van der Waals surface area contributed by atoms with Crippen molar-refractivity contribution in [3.05, 3.63) is 41.5 Å². The van der Waals surface area contributed by atoms with Crippen LogP contribution in [0, 0.1) is 18.6 Å². The number of nitrogens with one attached hydrogen (secondary N) is 2. The van der Waals surface area contributed by atoms with E-state index in [-0.39, 0.29) is 35.7 Å². The zero-order valence-electron chi connectivity index (χ0n) is 16.5. The molecule has 4 rings (SSSR count). The lowest BCUT2D eigenvalue weighted by atomic mass is 10.2. The van der Waals surface area contributed by atoms with Gasteiger partial charge in [-0.15, -0.1) is 34.2 Å². The van der Waals surface area contributed by atoms with Crippen LogP contribution in [0.4, 0.5) is 14.5 Å². The molecule has 1 aliphatic heterocycles. The number of aliphatic imine (C=N–C) groups is 1. The van der Waals surface area contributed by atoms with E-state index in [1.54, 1.807) is 4.90 Å². The minimum atomic E-state index is -0.525. The number of benzene rings is 1. The Kier molecular flexibility index (Phi) is 6.91. The SMILES string of the molecule is Cc1nnc(CN=C(NC2CC2)NC2CCN(c3c(F)cccc3F)C2)n1C.I. The van der Waals surface area contributed by atoms with Crippen LogP contribution in [0.2, 0.25) is 0 Å². The van der Waals surface area contributed by atoms with Gasteiger partial charge in [0.05, 0.1) is 0 Å². The number of halogens is 3. The zero-order valence-corrected chi connectivity index (χ0v) is 18.9. The molecule has 2 fully saturated rings. The van der Waals surface area contributed by atoms with Crippen molar-refractivity contribution in [2.75, 3.05) is 18.0 Å². The Balaban J connectivity index is 0.00000240. The number of aryl methyl sites for hydroxylation is 1. The molecule has 2 aromatic rings. The van der Waals surface area contributed by atoms with Crippen molar-refractivity contribution in [1.29, 1.82) is 0 Å². The van der Waals surface area contributed by atoms with Gasteiger partial charge < -0.3 is 20.1 Å². The Morgan fingerprint density at radius 2 is 1.83 bits per heavy atom. The standard InChI is InChI=1S/C19H25F2N7.HI/c1-12-25-26-17(27(12)2)10-22-19(23-13-6-7-13)24-14-8-9-28(11-14)18-15(20)4-3-5-16(18)21;/h3-5,13-14H,6-11H2,1-2H3,(H2,22,23,24);1H. The van der Waals surface area contributed by atoms with Gasteiger partial charge in [0.15, 0.2) is 11.8 Å². The molecule has 1 saturated carbocycles. The van der Waals surface area contributed by atoms with Crippen molar-refractivity contribution in [3.8, 4) is 0 Å². The van der Waals surface area contributed by atoms with Crippen LogP contribution in [0.25, 0.3) is 0 Å². The molecule has 0 radical (unpaired) electrons. The summed E-state index contributed by atoms with van der Waals surface area (Å²) in [4.78, 5) is 6.40. The van der Waals surface area contributed by atoms with E-state index in [4.69, 9.17) is 0 Å². The second-order valence-corrected chi connectivity index (χ2v) is 7.45. The third-order valence-corrected chi connectivity index (χ3v) is 5.26. The molecule has 1 saturated heterocycles. The zero-order chi connectivity index (χ0) is 19.7. The molecule has 0 bridgehead atoms. The topological polar surface area (TPSA) is 70.4 Å². The molecule has 0 amide bonds. The lowest BCUT2D eigenvalue weighted by molar-refractivity contribution is 0.575. The van der Waals surface area contributed by atoms with Crippen molar-refractivity contribution >= 4 is 35.6 Å². The third-order valence-electron chi connectivity index (χ3n) is 5.26. The largest absolute Gasteiger partial charge is 0.365 e. The lowest BCUT2D eigenvalue weighted by Gasteiger charge is -2.21. The summed E-state index contributed by atoms with van der Waals surface area (Å²) >= 11 is 0. The molecule has 1 aromatic heterocycles. The fourth-order valence-electron chi connectivity index (χ4n) is 3.36. The first-order valence-electron chi connectivity index (χ1n) is 9.62. The average Bonchev–Trinajstić information content (AvgIpc) is 3.27. The number of aromatic nitrogens is 3. The highest BCUT2D eigenvalue weighted by atomic mass is 127. The lowest BCUT2D eigenvalue weighted by Crippen LogP contribution is -2.45. The summed E-state index contributed by atoms with van der Waals surface area (Å²) in [5.41, 5.74) is 0.0509. The van der Waals surface area contributed by atoms with Gasteiger partial charge in [-0.2, -0.15) is 0 Å². The average molecular weight is 517 g/mol. The highest BCUT2D eigenvalue weighted by molar-refractivity contribution is 14.0. The molecule has 0 spiro atoms. The first-order chi connectivity index (χ1) is 13.5. The molecule has 158 valence electrons. The smallest absolute Gasteiger partial charge is 0.192 e. The molecule has 29 heavy (non-hydrogen) atoms. The maximum absolute atomic E-state index is 14.1. The van der Waals surface area contributed by atoms with E-state index in [2.05, 4.69) is 25.8 Å². The number of hydrogen-bond acceptors (Lipinski definition) is 4. The molecule has 2 N–H and O–H groups in total. The summed E-state index contributed by atoms with van der Waals surface area (Å²) in [6, 6.07) is 4.48. The third kappa shape index (κ3) is 5.14. The minimum absolute atomic E-state index is 0. The number of nitrogens with zero attached hydrogens (tertiary/aromatic N) is 5. The van der Waals surface area contributed by atoms with Crippen LogP contribution in [0.15, 0.2) is 23.2 Å². The summed E-state index contributed by atoms with van der Waals surface area (Å²) < 4.78 is 30.0. The van der Waals surface area contributed by atoms with E-state index in [9.17, 15) is 8.78 Å². The Labute approximate surface area is 186 Å². The summed E-state index contributed by atoms with van der Waals surface area (Å²) in [6.45, 7) is 3.43. The molecule has 10 heteroatoms. The fraction of sp³-hybridized carbons (Fsp3) is 0.526. The van der Waals surface area contributed by atoms with Crippen LogP contribution >= 0.6 is 24.0 Å². The van der Waals surface area contributed by atoms with E-state index in [1.807, 2.05) is 18.5 Å². The number of hydrogen-bond donors (Lipinski definition) is 2. The van der Waals surface area contributed by atoms with Gasteiger partial charge in [-0.3, -0.25) is 0 Å². The summed E-state index contributed by atoms with van der Waals surface area (Å²) in [5.74, 6) is 1.29. The van der Waals surface area contributed by atoms with Crippen LogP contribution in [0.3, 0.4) is 0 Å². The number of guanidine groups is 1. The van der Waals surface area contributed by atoms with E-state index >= 15 is 0 Å². The normalized spacial score (nSPS) is 19.2. The second-order valence-electron chi connectivity index (χ2n) is 7.45. The summed E-state index contributed by atoms with van der Waals surface area (Å²) in [7, 11) is 1.92. The summed E-state index contributed by atoms with van der Waals surface area (Å²) in [5, 5.41) is 15.0. The summed E-state index contributed by atoms with van der Waals surface area (Å²) in [6.07, 6.45) is 3.03. The van der Waals surface area contributed by atoms with E-state index < -0.39 is 11.6 Å². The molecular weight excluding hydrogens is 491 g/mol. The van der Waals surface area contributed by atoms with Crippen molar-refractivity contribution in [3.63, 3.8) is 0 Å². The maximum Gasteiger partial charge on any atom is 0.192 e. The molecule has 1 aliphatic carbocycles. The monoisotopic (exact) mass is 517 g/mol. The highest BCUT2D eigenvalue weighted by Gasteiger charge is 2.29. The van der Waals surface area contributed by atoms with E-state index in [1.165, 1.54) is 18.2 Å². The van der Waals surface area contributed by atoms with Gasteiger partial charge in [-0.05, 0) is 38.3 Å². The molecule has 1 unspecified atom stereocenters. The van der Waals surface area contributed by atoms with Crippen LogP contribution in [-0.2, 0) is 13.6 Å². The molecule has 2 heterocycles. The van der Waals surface area contributed by atoms with Crippen LogP contribution < -0.4 is 15.5 Å². The van der Waals surface area contributed by atoms with Gasteiger partial charge in [-0.25, -0.2) is 13.8 Å². The Bertz CT molecular complexity index is 861. The first kappa shape index (κ1) is 21.7. The Morgan fingerprint density at radius 1 is 1.14 bits per heavy atom. The molecule has 1 aromatic carbocycles. The van der Waals surface area contributed by atoms with Crippen molar-refractivity contribution in [2.45, 2.75) is 44.8 Å². The highest BCUT2D eigenvalue weighted by Crippen LogP contribution is 2.27. The molecule has 1 atom stereocenters. The van der Waals surface area contributed by atoms with Crippen LogP contribution in [-0.4, -0.2) is 45.9 Å². The van der Waals surface area contributed by atoms with E-state index in [0.29, 0.717) is 31.6 Å². The van der Waals surface area contributed by atoms with Crippen LogP contribution in [0.5, 0.6) is 0 Å². The van der Waals surface area contributed by atoms with Gasteiger partial charge in [-0.1, -0.05) is 6.07 Å². The quantitative estimate of drug-likeness (QED) is 0.363. The predicted octanol–water partition coefficient (Wildman–Crippen LogP) is 2.50. The first-order valence-corrected chi connectivity index (χ1v) is 9.62. The van der Waals surface area contributed by atoms with Gasteiger partial charge in [0.2, 0.25) is 0 Å². The number of para-hydroxylation sites is 1. The van der Waals surface area contributed by atoms with Gasteiger partial charge in [0.25, 0.3) is 0 Å². The molecular formula is C19H26F2IN7.